The molecule has 16 heavy (non-hydrogen) atoms. The van der Waals surface area contributed by atoms with Crippen molar-refractivity contribution in [2.45, 2.75) is 31.8 Å². The highest BCUT2D eigenvalue weighted by Crippen LogP contribution is 2.01. The van der Waals surface area contributed by atoms with Gasteiger partial charge in [0.2, 0.25) is 5.91 Å². The summed E-state index contributed by atoms with van der Waals surface area (Å²) in [6, 6.07) is 0.0887. The summed E-state index contributed by atoms with van der Waals surface area (Å²) in [5.41, 5.74) is -1.11. The van der Waals surface area contributed by atoms with Gasteiger partial charge in [-0.2, -0.15) is 0 Å². The van der Waals surface area contributed by atoms with E-state index >= 15 is 0 Å². The summed E-state index contributed by atoms with van der Waals surface area (Å²) >= 11 is 0. The minimum atomic E-state index is -1.11. The molecular formula is C10H22N2O4. The number of amides is 1. The zero-order valence-electron chi connectivity index (χ0n) is 9.86. The number of rotatable bonds is 8. The molecule has 0 saturated carbocycles. The van der Waals surface area contributed by atoms with Gasteiger partial charge in [0.1, 0.15) is 0 Å². The van der Waals surface area contributed by atoms with E-state index in [4.69, 9.17) is 15.3 Å². The van der Waals surface area contributed by atoms with Crippen LogP contribution in [-0.2, 0) is 4.79 Å². The largest absolute Gasteiger partial charge is 0.394 e. The van der Waals surface area contributed by atoms with Crippen molar-refractivity contribution in [1.29, 1.82) is 0 Å². The lowest BCUT2D eigenvalue weighted by Crippen LogP contribution is -2.55. The normalized spacial score (nSPS) is 11.9. The minimum Gasteiger partial charge on any atom is -0.394 e. The second-order valence-corrected chi connectivity index (χ2v) is 4.15. The van der Waals surface area contributed by atoms with Gasteiger partial charge in [-0.15, -0.1) is 0 Å². The number of hydrogen-bond acceptors (Lipinski definition) is 5. The fourth-order valence-corrected chi connectivity index (χ4v) is 1.15. The van der Waals surface area contributed by atoms with E-state index in [-0.39, 0.29) is 38.2 Å². The molecule has 0 atom stereocenters. The lowest BCUT2D eigenvalue weighted by atomic mass is 10.0. The van der Waals surface area contributed by atoms with Crippen LogP contribution in [0.2, 0.25) is 0 Å². The Hall–Kier alpha value is -0.690. The van der Waals surface area contributed by atoms with Gasteiger partial charge in [-0.1, -0.05) is 0 Å². The maximum atomic E-state index is 11.3. The molecule has 0 spiro atoms. The third kappa shape index (κ3) is 5.41. The molecule has 0 fully saturated rings. The third-order valence-electron chi connectivity index (χ3n) is 2.21. The molecule has 0 aliphatic rings. The highest BCUT2D eigenvalue weighted by atomic mass is 16.3. The van der Waals surface area contributed by atoms with E-state index < -0.39 is 5.54 Å². The van der Waals surface area contributed by atoms with Gasteiger partial charge >= 0.3 is 0 Å². The van der Waals surface area contributed by atoms with Gasteiger partial charge in [-0.25, -0.2) is 0 Å². The maximum Gasteiger partial charge on any atom is 0.221 e. The van der Waals surface area contributed by atoms with E-state index in [0.717, 1.165) is 0 Å². The van der Waals surface area contributed by atoms with E-state index in [1.165, 1.54) is 0 Å². The fraction of sp³-hybridized carbons (Fsp3) is 0.900. The van der Waals surface area contributed by atoms with Crippen molar-refractivity contribution in [2.75, 3.05) is 26.4 Å². The van der Waals surface area contributed by atoms with E-state index in [0.29, 0.717) is 6.54 Å². The Morgan fingerprint density at radius 3 is 2.06 bits per heavy atom. The van der Waals surface area contributed by atoms with Crippen LogP contribution in [0.5, 0.6) is 0 Å². The van der Waals surface area contributed by atoms with Crippen LogP contribution >= 0.6 is 0 Å². The van der Waals surface area contributed by atoms with Crippen LogP contribution in [0.3, 0.4) is 0 Å². The van der Waals surface area contributed by atoms with Crippen LogP contribution in [-0.4, -0.2) is 59.2 Å². The first-order valence-corrected chi connectivity index (χ1v) is 5.36. The Morgan fingerprint density at radius 2 is 1.69 bits per heavy atom. The molecule has 6 nitrogen and oxygen atoms in total. The topological polar surface area (TPSA) is 102 Å². The standard InChI is InChI=1S/C10H22N2O4/c1-8(2)12-9(16)3-4-11-10(5-13,6-14)7-15/h8,11,13-15H,3-7H2,1-2H3,(H,12,16). The molecule has 1 amide bonds. The van der Waals surface area contributed by atoms with Gasteiger partial charge in [-0.05, 0) is 13.8 Å². The summed E-state index contributed by atoms with van der Waals surface area (Å²) < 4.78 is 0. The molecule has 0 bridgehead atoms. The molecule has 0 saturated heterocycles. The van der Waals surface area contributed by atoms with Crippen molar-refractivity contribution in [3.63, 3.8) is 0 Å². The number of hydrogen-bond donors (Lipinski definition) is 5. The summed E-state index contributed by atoms with van der Waals surface area (Å²) in [5, 5.41) is 32.5. The summed E-state index contributed by atoms with van der Waals surface area (Å²) in [6.45, 7) is 2.87. The zero-order valence-corrected chi connectivity index (χ0v) is 9.86. The first kappa shape index (κ1) is 15.3. The number of carbonyl (C=O) groups excluding carboxylic acids is 1. The first-order chi connectivity index (χ1) is 7.49. The highest BCUT2D eigenvalue weighted by Gasteiger charge is 2.27. The average molecular weight is 234 g/mol. The lowest BCUT2D eigenvalue weighted by molar-refractivity contribution is -0.121. The van der Waals surface area contributed by atoms with Gasteiger partial charge in [0.25, 0.3) is 0 Å². The van der Waals surface area contributed by atoms with Crippen molar-refractivity contribution in [3.8, 4) is 0 Å². The van der Waals surface area contributed by atoms with Crippen LogP contribution in [0, 0.1) is 0 Å². The summed E-state index contributed by atoms with van der Waals surface area (Å²) in [4.78, 5) is 11.3. The smallest absolute Gasteiger partial charge is 0.221 e. The summed E-state index contributed by atoms with van der Waals surface area (Å²) in [6.07, 6.45) is 0.236. The molecular weight excluding hydrogens is 212 g/mol. The van der Waals surface area contributed by atoms with Gasteiger partial charge in [0.15, 0.2) is 0 Å². The Labute approximate surface area is 95.7 Å². The van der Waals surface area contributed by atoms with Crippen molar-refractivity contribution in [3.05, 3.63) is 0 Å². The second kappa shape index (κ2) is 7.56. The van der Waals surface area contributed by atoms with Crippen molar-refractivity contribution in [2.24, 2.45) is 0 Å². The third-order valence-corrected chi connectivity index (χ3v) is 2.21. The van der Waals surface area contributed by atoms with Gasteiger partial charge in [0.05, 0.1) is 25.4 Å². The van der Waals surface area contributed by atoms with E-state index in [9.17, 15) is 4.79 Å². The number of carbonyl (C=O) groups is 1. The summed E-state index contributed by atoms with van der Waals surface area (Å²) in [7, 11) is 0. The van der Waals surface area contributed by atoms with Gasteiger partial charge < -0.3 is 26.0 Å². The Balaban J connectivity index is 3.91. The Kier molecular flexibility index (Phi) is 7.24. The molecule has 0 heterocycles. The lowest BCUT2D eigenvalue weighted by Gasteiger charge is -2.28. The van der Waals surface area contributed by atoms with Crippen molar-refractivity contribution < 1.29 is 20.1 Å². The number of aliphatic hydroxyl groups excluding tert-OH is 3. The summed E-state index contributed by atoms with van der Waals surface area (Å²) in [5.74, 6) is -0.106. The van der Waals surface area contributed by atoms with Crippen LogP contribution in [0.15, 0.2) is 0 Å². The first-order valence-electron chi connectivity index (χ1n) is 5.36. The fourth-order valence-electron chi connectivity index (χ4n) is 1.15. The van der Waals surface area contributed by atoms with Crippen molar-refractivity contribution >= 4 is 5.91 Å². The molecule has 0 aliphatic carbocycles. The van der Waals surface area contributed by atoms with Crippen LogP contribution in [0.25, 0.3) is 0 Å². The van der Waals surface area contributed by atoms with E-state index in [2.05, 4.69) is 10.6 Å². The van der Waals surface area contributed by atoms with Gasteiger partial charge in [-0.3, -0.25) is 4.79 Å². The maximum absolute atomic E-state index is 11.3. The number of nitrogens with one attached hydrogen (secondary N) is 2. The monoisotopic (exact) mass is 234 g/mol. The predicted molar refractivity (Wildman–Crippen MR) is 59.9 cm³/mol. The molecule has 0 aromatic carbocycles. The molecule has 0 aromatic heterocycles. The molecule has 0 aromatic rings. The van der Waals surface area contributed by atoms with Crippen LogP contribution in [0.1, 0.15) is 20.3 Å². The molecule has 0 rings (SSSR count). The SMILES string of the molecule is CC(C)NC(=O)CCNC(CO)(CO)CO. The van der Waals surface area contributed by atoms with Gasteiger partial charge in [0, 0.05) is 19.0 Å². The molecule has 5 N–H and O–H groups in total. The molecule has 0 unspecified atom stereocenters. The molecule has 6 heteroatoms. The van der Waals surface area contributed by atoms with Crippen molar-refractivity contribution in [1.82, 2.24) is 10.6 Å². The number of aliphatic hydroxyl groups is 3. The molecule has 0 aliphatic heterocycles. The molecule has 0 radical (unpaired) electrons. The Morgan fingerprint density at radius 1 is 1.19 bits per heavy atom. The predicted octanol–water partition coefficient (Wildman–Crippen LogP) is -1.79. The Bertz CT molecular complexity index is 197. The highest BCUT2D eigenvalue weighted by molar-refractivity contribution is 5.76. The average Bonchev–Trinajstić information content (AvgIpc) is 2.24. The minimum absolute atomic E-state index is 0.0887. The van der Waals surface area contributed by atoms with Crippen LogP contribution in [0.4, 0.5) is 0 Å². The van der Waals surface area contributed by atoms with E-state index in [1.54, 1.807) is 0 Å². The van der Waals surface area contributed by atoms with Crippen LogP contribution < -0.4 is 10.6 Å². The quantitative estimate of drug-likeness (QED) is 0.341. The molecule has 96 valence electrons. The van der Waals surface area contributed by atoms with E-state index in [1.807, 2.05) is 13.8 Å². The second-order valence-electron chi connectivity index (χ2n) is 4.15. The zero-order chi connectivity index (χ0) is 12.6.